The van der Waals surface area contributed by atoms with Crippen molar-refractivity contribution < 1.29 is 180 Å². The van der Waals surface area contributed by atoms with E-state index in [2.05, 4.69) is 19.9 Å². The van der Waals surface area contributed by atoms with E-state index in [1.54, 1.807) is 6.92 Å². The van der Waals surface area contributed by atoms with Crippen molar-refractivity contribution in [3.63, 3.8) is 0 Å². The Labute approximate surface area is 530 Å². The van der Waals surface area contributed by atoms with Gasteiger partial charge in [-0.25, -0.2) is 8.42 Å². The largest absolute Gasteiger partial charge is 1.00 e. The molecule has 36 atom stereocenters. The number of carbonyl (C=O) groups is 1. The number of fused-ring (bicyclic) bond motifs is 5. The molecule has 9 fully saturated rings. The minimum atomic E-state index is -5.12. The molecule has 10 aliphatic rings. The van der Waals surface area contributed by atoms with Gasteiger partial charge in [-0.15, -0.1) is 0 Å². The molecule has 6 saturated heterocycles. The number of rotatable bonds is 17. The molecule has 500 valence electrons. The molecule has 3 saturated carbocycles. The maximum absolute atomic E-state index is 13.0. The van der Waals surface area contributed by atoms with Gasteiger partial charge in [-0.05, 0) is 101 Å². The van der Waals surface area contributed by atoms with E-state index in [1.165, 1.54) is 20.8 Å². The third kappa shape index (κ3) is 13.7. The molecule has 88 heavy (non-hydrogen) atoms. The van der Waals surface area contributed by atoms with Crippen molar-refractivity contribution in [2.45, 2.75) is 271 Å². The molecule has 33 heteroatoms. The van der Waals surface area contributed by atoms with E-state index >= 15 is 0 Å². The molecule has 0 aromatic rings. The zero-order valence-corrected chi connectivity index (χ0v) is 52.7. The number of hydrogen-bond donors (Lipinski definition) is 14. The van der Waals surface area contributed by atoms with Crippen LogP contribution in [0, 0.1) is 34.5 Å². The van der Waals surface area contributed by atoms with Crippen LogP contribution < -0.4 is 29.6 Å². The van der Waals surface area contributed by atoms with E-state index in [4.69, 9.17) is 61.0 Å². The standard InChI is InChI=1S/C55H88O31S.Na/c1-18(58)24-7-8-25-23-14-28(27-13-22(86-87(71,72)73)9-11-55(27,6)26(23)10-12-54(24,25)5)78-50-42(69)45(34(61)20(3)76-50)83-52-46(84-48-41(68)38(65)32(59)19(2)75-48)37(64)31(17-74-52)81-53-47(39(66)35(62)29(15-56)80-53)85-51-43(70)44(33(60)21(4)77-51)82-49-40(67)36(63)30(16-57)79-49;/h10,19-25,27-53,56-57,59-70H,7-9,11-17H2,1-6H3,(H,71,72,73);/q;+1/p-1/t19-,20-,21-,22+,23+,24-,25+,27-,28+,29-,30+,31-,32-,33+,34-,35+,36+,37+,38+,39+,40-,41-,42-,43-,44+,45+,46-,47-,48+,49+,50+,51+,52+,53+,54-,55-;/m1./s1. The number of allylic oxidation sites excluding steroid dienone is 2. The summed E-state index contributed by atoms with van der Waals surface area (Å²) in [6, 6.07) is 0. The quantitative estimate of drug-likeness (QED) is 0.0278. The van der Waals surface area contributed by atoms with Gasteiger partial charge in [0.25, 0.3) is 0 Å². The fourth-order valence-corrected chi connectivity index (χ4v) is 16.1. The van der Waals surface area contributed by atoms with Crippen LogP contribution in [0.25, 0.3) is 0 Å². The fourth-order valence-electron chi connectivity index (χ4n) is 15.6. The number of carbonyl (C=O) groups excluding carboxylic acids is 1. The van der Waals surface area contributed by atoms with Crippen molar-refractivity contribution in [1.29, 1.82) is 0 Å². The van der Waals surface area contributed by atoms with Gasteiger partial charge >= 0.3 is 29.6 Å². The van der Waals surface area contributed by atoms with Gasteiger partial charge in [-0.3, -0.25) is 8.98 Å². The van der Waals surface area contributed by atoms with Crippen LogP contribution in [-0.2, 0) is 76.2 Å². The van der Waals surface area contributed by atoms with Crippen LogP contribution >= 0.6 is 0 Å². The molecular formula is C55H87NaO31S. The number of aliphatic hydroxyl groups excluding tert-OH is 14. The minimum Gasteiger partial charge on any atom is -0.726 e. The molecule has 0 spiro atoms. The molecule has 0 amide bonds. The smallest absolute Gasteiger partial charge is 0.726 e. The Balaban J connectivity index is 0.00000922. The summed E-state index contributed by atoms with van der Waals surface area (Å²) in [5.74, 6) is -0.670. The van der Waals surface area contributed by atoms with E-state index in [9.17, 15) is 89.3 Å². The summed E-state index contributed by atoms with van der Waals surface area (Å²) in [5.41, 5.74) is 0.140. The van der Waals surface area contributed by atoms with Gasteiger partial charge in [0.05, 0.1) is 50.3 Å². The van der Waals surface area contributed by atoms with Gasteiger partial charge < -0.3 is 133 Å². The monoisotopic (exact) mass is 1300 g/mol. The Kier molecular flexibility index (Phi) is 22.9. The molecule has 14 N–H and O–H groups in total. The number of ketones is 1. The second-order valence-corrected chi connectivity index (χ2v) is 26.9. The van der Waals surface area contributed by atoms with Crippen molar-refractivity contribution in [3.05, 3.63) is 11.6 Å². The molecule has 10 rings (SSSR count). The Bertz CT molecular complexity index is 2510. The summed E-state index contributed by atoms with van der Waals surface area (Å²) < 4.78 is 113. The van der Waals surface area contributed by atoms with Gasteiger partial charge in [0.15, 0.2) is 37.7 Å². The maximum atomic E-state index is 13.0. The molecule has 31 nitrogen and oxygen atoms in total. The van der Waals surface area contributed by atoms with Gasteiger partial charge in [0, 0.05) is 5.92 Å². The van der Waals surface area contributed by atoms with Gasteiger partial charge in [0.2, 0.25) is 10.4 Å². The summed E-state index contributed by atoms with van der Waals surface area (Å²) in [4.78, 5) is 13.0. The molecule has 0 radical (unpaired) electrons. The van der Waals surface area contributed by atoms with Crippen molar-refractivity contribution in [2.75, 3.05) is 19.8 Å². The molecular weight excluding hydrogens is 1210 g/mol. The minimum absolute atomic E-state index is 0. The number of Topliss-reactive ketones (excluding diaryl/α,β-unsaturated/α-hetero) is 1. The third-order valence-electron chi connectivity index (χ3n) is 20.6. The molecule has 6 aliphatic heterocycles. The zero-order valence-electron chi connectivity index (χ0n) is 49.9. The van der Waals surface area contributed by atoms with E-state index in [0.29, 0.717) is 25.7 Å². The second-order valence-electron chi connectivity index (χ2n) is 25.9. The van der Waals surface area contributed by atoms with Crippen LogP contribution in [0.3, 0.4) is 0 Å². The molecule has 0 aromatic heterocycles. The van der Waals surface area contributed by atoms with Crippen molar-refractivity contribution in [3.8, 4) is 0 Å². The van der Waals surface area contributed by atoms with Crippen LogP contribution in [0.2, 0.25) is 0 Å². The number of ether oxygens (including phenoxy) is 12. The molecule has 0 unspecified atom stereocenters. The Hall–Kier alpha value is -0.760. The van der Waals surface area contributed by atoms with Crippen LogP contribution in [-0.4, -0.2) is 294 Å². The van der Waals surface area contributed by atoms with Crippen molar-refractivity contribution >= 4 is 16.2 Å². The zero-order chi connectivity index (χ0) is 63.3. The SMILES string of the molecule is CC(=O)[C@H]1CC[C@H]2[C@@H]3C[C@H](O[C@@H]4O[C@H](C)[C@@H](O)[C@H](O[C@@H]5OC[C@@H](O[C@@H]6O[C@H](CO)[C@H](O)[C@H](O)[C@H]6O[C@@H]6O[C@H](C)[C@H](O)[C@H](O[C@@H]7O[C@@H](CO)[C@H](O)[C@H]7O)[C@H]6O)[C@H](O)[C@H]5O[C@@H]5O[C@H](C)[C@@H](O)[C@H](O)[C@H]5O)[C@H]4O)[C@H]4C[C@@H](OS(=O)(=O)[O-])CC[C@]4(C)C3=CC[C@]12C.[Na+]. The van der Waals surface area contributed by atoms with Crippen LogP contribution in [0.4, 0.5) is 0 Å². The van der Waals surface area contributed by atoms with Gasteiger partial charge in [-0.1, -0.05) is 25.5 Å². The number of aliphatic hydroxyl groups is 14. The molecule has 0 bridgehead atoms. The normalized spacial score (nSPS) is 53.3. The summed E-state index contributed by atoms with van der Waals surface area (Å²) in [6.45, 7) is 7.59. The summed E-state index contributed by atoms with van der Waals surface area (Å²) in [5, 5.41) is 155. The molecule has 6 heterocycles. The average Bonchev–Trinajstić information content (AvgIpc) is 1.24. The average molecular weight is 1300 g/mol. The summed E-state index contributed by atoms with van der Waals surface area (Å²) in [6.07, 6.45) is -45.0. The number of hydrogen-bond acceptors (Lipinski definition) is 31. The predicted octanol–water partition coefficient (Wildman–Crippen LogP) is -8.72. The van der Waals surface area contributed by atoms with Crippen LogP contribution in [0.15, 0.2) is 11.6 Å². The van der Waals surface area contributed by atoms with Gasteiger partial charge in [-0.2, -0.15) is 0 Å². The maximum Gasteiger partial charge on any atom is 1.00 e. The Morgan fingerprint density at radius 3 is 1.62 bits per heavy atom. The fraction of sp³-hybridized carbons (Fsp3) is 0.945. The molecule has 0 aromatic carbocycles. The van der Waals surface area contributed by atoms with E-state index in [0.717, 1.165) is 12.0 Å². The Morgan fingerprint density at radius 2 is 1.05 bits per heavy atom. The van der Waals surface area contributed by atoms with Crippen LogP contribution in [0.1, 0.15) is 86.5 Å². The summed E-state index contributed by atoms with van der Waals surface area (Å²) in [7, 11) is -5.12. The van der Waals surface area contributed by atoms with Crippen molar-refractivity contribution in [1.82, 2.24) is 0 Å². The van der Waals surface area contributed by atoms with E-state index in [-0.39, 0.29) is 71.4 Å². The predicted molar refractivity (Wildman–Crippen MR) is 281 cm³/mol. The third-order valence-corrected chi connectivity index (χ3v) is 21.1. The second kappa shape index (κ2) is 28.1. The first-order valence-corrected chi connectivity index (χ1v) is 31.3. The first-order valence-electron chi connectivity index (χ1n) is 30.0. The molecule has 4 aliphatic carbocycles. The van der Waals surface area contributed by atoms with Crippen LogP contribution in [0.5, 0.6) is 0 Å². The summed E-state index contributed by atoms with van der Waals surface area (Å²) >= 11 is 0. The first-order chi connectivity index (χ1) is 40.9. The van der Waals surface area contributed by atoms with Gasteiger partial charge in [0.1, 0.15) is 122 Å². The Morgan fingerprint density at radius 1 is 0.557 bits per heavy atom. The topological polar surface area (TPSA) is 477 Å². The van der Waals surface area contributed by atoms with Crippen molar-refractivity contribution in [2.24, 2.45) is 34.5 Å². The van der Waals surface area contributed by atoms with E-state index in [1.807, 2.05) is 0 Å². The first kappa shape index (κ1) is 71.5. The van der Waals surface area contributed by atoms with E-state index < -0.39 is 226 Å².